The number of aliphatic hydroxyl groups is 1. The van der Waals surface area contributed by atoms with Crippen molar-refractivity contribution in [2.24, 2.45) is 0 Å². The normalized spacial score (nSPS) is 13.8. The number of nitrogens with one attached hydrogen (secondary N) is 1. The lowest BCUT2D eigenvalue weighted by Crippen LogP contribution is -2.31. The predicted molar refractivity (Wildman–Crippen MR) is 84.4 cm³/mol. The number of hydrogen-bond acceptors (Lipinski definition) is 2. The van der Waals surface area contributed by atoms with Crippen molar-refractivity contribution in [2.45, 2.75) is 31.9 Å². The third-order valence-electron chi connectivity index (χ3n) is 3.49. The number of rotatable bonds is 6. The fraction of sp³-hybridized carbons (Fsp3) is 0.333. The highest BCUT2D eigenvalue weighted by Gasteiger charge is 2.10. The molecule has 0 saturated carbocycles. The predicted octanol–water partition coefficient (Wildman–Crippen LogP) is 3.26. The van der Waals surface area contributed by atoms with E-state index < -0.39 is 6.10 Å². The molecule has 2 nitrogen and oxygen atoms in total. The van der Waals surface area contributed by atoms with Gasteiger partial charge in [-0.05, 0) is 28.8 Å². The second kappa shape index (κ2) is 7.09. The van der Waals surface area contributed by atoms with E-state index in [2.05, 4.69) is 30.3 Å². The van der Waals surface area contributed by atoms with E-state index in [0.29, 0.717) is 6.54 Å². The van der Waals surface area contributed by atoms with Gasteiger partial charge in [0.15, 0.2) is 0 Å². The summed E-state index contributed by atoms with van der Waals surface area (Å²) < 4.78 is 0. The van der Waals surface area contributed by atoms with Crippen molar-refractivity contribution in [3.05, 3.63) is 48.0 Å². The minimum atomic E-state index is -0.535. The number of terminal acetylenes is 1. The Hall–Kier alpha value is -1.82. The highest BCUT2D eigenvalue weighted by molar-refractivity contribution is 5.83. The molecule has 0 fully saturated rings. The zero-order chi connectivity index (χ0) is 14.4. The van der Waals surface area contributed by atoms with E-state index in [4.69, 9.17) is 6.42 Å². The lowest BCUT2D eigenvalue weighted by atomic mass is 10.0. The van der Waals surface area contributed by atoms with Gasteiger partial charge in [-0.2, -0.15) is 0 Å². The number of hydrogen-bond donors (Lipinski definition) is 2. The van der Waals surface area contributed by atoms with Gasteiger partial charge in [0.05, 0.1) is 12.1 Å². The van der Waals surface area contributed by atoms with Gasteiger partial charge < -0.3 is 10.4 Å². The maximum absolute atomic E-state index is 10.3. The number of benzene rings is 2. The molecular weight excluding hydrogens is 246 g/mol. The van der Waals surface area contributed by atoms with Crippen molar-refractivity contribution in [1.82, 2.24) is 5.32 Å². The van der Waals surface area contributed by atoms with Gasteiger partial charge in [0.1, 0.15) is 0 Å². The summed E-state index contributed by atoms with van der Waals surface area (Å²) in [6.07, 6.45) is 6.90. The standard InChI is InChI=1S/C18H21NO/c1-3-7-17(4-2)19-13-18(20)16-11-10-14-8-5-6-9-15(14)12-16/h2,5-6,8-12,17-20H,3,7,13H2,1H3. The molecule has 2 heteroatoms. The van der Waals surface area contributed by atoms with E-state index in [9.17, 15) is 5.11 Å². The first kappa shape index (κ1) is 14.6. The molecule has 2 aromatic rings. The lowest BCUT2D eigenvalue weighted by Gasteiger charge is -2.16. The lowest BCUT2D eigenvalue weighted by molar-refractivity contribution is 0.172. The van der Waals surface area contributed by atoms with Crippen molar-refractivity contribution in [3.63, 3.8) is 0 Å². The molecule has 2 aromatic carbocycles. The summed E-state index contributed by atoms with van der Waals surface area (Å²) in [7, 11) is 0. The summed E-state index contributed by atoms with van der Waals surface area (Å²) in [5.41, 5.74) is 0.920. The van der Waals surface area contributed by atoms with Crippen LogP contribution in [-0.2, 0) is 0 Å². The summed E-state index contributed by atoms with van der Waals surface area (Å²) in [6.45, 7) is 2.58. The van der Waals surface area contributed by atoms with Crippen molar-refractivity contribution in [1.29, 1.82) is 0 Å². The molecular formula is C18H21NO. The Morgan fingerprint density at radius 1 is 1.20 bits per heavy atom. The van der Waals surface area contributed by atoms with Gasteiger partial charge in [-0.25, -0.2) is 0 Å². The van der Waals surface area contributed by atoms with Crippen LogP contribution in [0.5, 0.6) is 0 Å². The Balaban J connectivity index is 2.04. The molecule has 0 aliphatic heterocycles. The first-order chi connectivity index (χ1) is 9.74. The van der Waals surface area contributed by atoms with Crippen LogP contribution in [0.25, 0.3) is 10.8 Å². The number of fused-ring (bicyclic) bond motifs is 1. The zero-order valence-corrected chi connectivity index (χ0v) is 11.8. The quantitative estimate of drug-likeness (QED) is 0.787. The minimum absolute atomic E-state index is 0.0371. The SMILES string of the molecule is C#CC(CCC)NCC(O)c1ccc2ccccc2c1. The van der Waals surface area contributed by atoms with E-state index in [1.165, 1.54) is 5.39 Å². The molecule has 0 saturated heterocycles. The molecule has 0 bridgehead atoms. The van der Waals surface area contributed by atoms with Crippen LogP contribution in [0.4, 0.5) is 0 Å². The molecule has 2 rings (SSSR count). The maximum atomic E-state index is 10.3. The van der Waals surface area contributed by atoms with Gasteiger partial charge in [-0.1, -0.05) is 55.7 Å². The smallest absolute Gasteiger partial charge is 0.0915 e. The van der Waals surface area contributed by atoms with Crippen LogP contribution >= 0.6 is 0 Å². The Kier molecular flexibility index (Phi) is 5.17. The molecule has 20 heavy (non-hydrogen) atoms. The molecule has 104 valence electrons. The maximum Gasteiger partial charge on any atom is 0.0915 e. The van der Waals surface area contributed by atoms with E-state index in [0.717, 1.165) is 23.8 Å². The number of aliphatic hydroxyl groups excluding tert-OH is 1. The summed E-state index contributed by atoms with van der Waals surface area (Å²) in [6, 6.07) is 14.2. The van der Waals surface area contributed by atoms with Crippen LogP contribution in [0.15, 0.2) is 42.5 Å². The molecule has 0 aliphatic carbocycles. The van der Waals surface area contributed by atoms with Crippen LogP contribution < -0.4 is 5.32 Å². The second-order valence-electron chi connectivity index (χ2n) is 5.04. The molecule has 0 heterocycles. The van der Waals surface area contributed by atoms with E-state index in [1.807, 2.05) is 30.3 Å². The molecule has 2 atom stereocenters. The molecule has 0 amide bonds. The first-order valence-electron chi connectivity index (χ1n) is 7.11. The van der Waals surface area contributed by atoms with Gasteiger partial charge in [-0.3, -0.25) is 0 Å². The van der Waals surface area contributed by atoms with Crippen molar-refractivity contribution in [3.8, 4) is 12.3 Å². The van der Waals surface area contributed by atoms with Crippen LogP contribution in [0.3, 0.4) is 0 Å². The van der Waals surface area contributed by atoms with Gasteiger partial charge in [0.2, 0.25) is 0 Å². The molecule has 2 unspecified atom stereocenters. The van der Waals surface area contributed by atoms with Crippen molar-refractivity contribution < 1.29 is 5.11 Å². The summed E-state index contributed by atoms with van der Waals surface area (Å²) in [4.78, 5) is 0. The monoisotopic (exact) mass is 267 g/mol. The average molecular weight is 267 g/mol. The van der Waals surface area contributed by atoms with Crippen LogP contribution in [0.2, 0.25) is 0 Å². The van der Waals surface area contributed by atoms with Crippen LogP contribution in [0.1, 0.15) is 31.4 Å². The Labute approximate surface area is 120 Å². The third kappa shape index (κ3) is 3.60. The fourth-order valence-corrected chi connectivity index (χ4v) is 2.32. The topological polar surface area (TPSA) is 32.3 Å². The van der Waals surface area contributed by atoms with E-state index in [1.54, 1.807) is 0 Å². The second-order valence-corrected chi connectivity index (χ2v) is 5.04. The summed E-state index contributed by atoms with van der Waals surface area (Å²) >= 11 is 0. The summed E-state index contributed by atoms with van der Waals surface area (Å²) in [5.74, 6) is 2.72. The van der Waals surface area contributed by atoms with Gasteiger partial charge in [0.25, 0.3) is 0 Å². The minimum Gasteiger partial charge on any atom is -0.387 e. The molecule has 0 spiro atoms. The van der Waals surface area contributed by atoms with Crippen molar-refractivity contribution >= 4 is 10.8 Å². The summed E-state index contributed by atoms with van der Waals surface area (Å²) in [5, 5.41) is 15.8. The van der Waals surface area contributed by atoms with Crippen molar-refractivity contribution in [2.75, 3.05) is 6.54 Å². The van der Waals surface area contributed by atoms with Gasteiger partial charge in [-0.15, -0.1) is 6.42 Å². The average Bonchev–Trinajstić information content (AvgIpc) is 2.50. The highest BCUT2D eigenvalue weighted by atomic mass is 16.3. The third-order valence-corrected chi connectivity index (χ3v) is 3.49. The van der Waals surface area contributed by atoms with E-state index in [-0.39, 0.29) is 6.04 Å². The molecule has 0 aliphatic rings. The fourth-order valence-electron chi connectivity index (χ4n) is 2.32. The van der Waals surface area contributed by atoms with E-state index >= 15 is 0 Å². The van der Waals surface area contributed by atoms with Gasteiger partial charge >= 0.3 is 0 Å². The Bertz CT molecular complexity index is 600. The molecule has 2 N–H and O–H groups in total. The first-order valence-corrected chi connectivity index (χ1v) is 7.11. The van der Waals surface area contributed by atoms with Gasteiger partial charge in [0, 0.05) is 6.54 Å². The van der Waals surface area contributed by atoms with Crippen LogP contribution in [-0.4, -0.2) is 17.7 Å². The molecule has 0 aromatic heterocycles. The largest absolute Gasteiger partial charge is 0.387 e. The highest BCUT2D eigenvalue weighted by Crippen LogP contribution is 2.20. The Morgan fingerprint density at radius 2 is 1.95 bits per heavy atom. The van der Waals surface area contributed by atoms with Crippen LogP contribution in [0, 0.1) is 12.3 Å². The molecule has 0 radical (unpaired) electrons. The zero-order valence-electron chi connectivity index (χ0n) is 11.8. The Morgan fingerprint density at radius 3 is 2.65 bits per heavy atom.